The van der Waals surface area contributed by atoms with Crippen LogP contribution in [0.25, 0.3) is 0 Å². The molecule has 0 radical (unpaired) electrons. The highest BCUT2D eigenvalue weighted by Gasteiger charge is 2.12. The molecule has 0 aliphatic carbocycles. The first-order chi connectivity index (χ1) is 8.25. The fraction of sp³-hybridized carbons (Fsp3) is 0.500. The largest absolute Gasteiger partial charge is 0.374 e. The zero-order chi connectivity index (χ0) is 12.1. The van der Waals surface area contributed by atoms with Crippen LogP contribution < -0.4 is 10.6 Å². The van der Waals surface area contributed by atoms with E-state index in [0.717, 1.165) is 25.2 Å². The number of benzene rings is 1. The van der Waals surface area contributed by atoms with E-state index in [2.05, 4.69) is 10.6 Å². The van der Waals surface area contributed by atoms with Crippen LogP contribution in [0, 0.1) is 11.6 Å². The lowest BCUT2D eigenvalue weighted by atomic mass is 10.2. The predicted molar refractivity (Wildman–Crippen MR) is 60.7 cm³/mol. The molecule has 1 saturated heterocycles. The van der Waals surface area contributed by atoms with Gasteiger partial charge in [0.1, 0.15) is 11.6 Å². The Bertz CT molecular complexity index is 368. The zero-order valence-corrected chi connectivity index (χ0v) is 9.51. The Kier molecular flexibility index (Phi) is 4.42. The molecule has 1 aliphatic rings. The SMILES string of the molecule is Fc1ccc(F)c(CNCC2CNCCO2)c1. The summed E-state index contributed by atoms with van der Waals surface area (Å²) in [5, 5.41) is 6.27. The van der Waals surface area contributed by atoms with Crippen LogP contribution in [0.15, 0.2) is 18.2 Å². The lowest BCUT2D eigenvalue weighted by Gasteiger charge is -2.23. The van der Waals surface area contributed by atoms with E-state index >= 15 is 0 Å². The molecule has 3 nitrogen and oxygen atoms in total. The van der Waals surface area contributed by atoms with Gasteiger partial charge in [0.25, 0.3) is 0 Å². The lowest BCUT2D eigenvalue weighted by Crippen LogP contribution is -2.43. The highest BCUT2D eigenvalue weighted by Crippen LogP contribution is 2.09. The highest BCUT2D eigenvalue weighted by molar-refractivity contribution is 5.18. The minimum absolute atomic E-state index is 0.0976. The summed E-state index contributed by atoms with van der Waals surface area (Å²) in [6.45, 7) is 3.29. The van der Waals surface area contributed by atoms with Gasteiger partial charge in [0.05, 0.1) is 12.7 Å². The van der Waals surface area contributed by atoms with E-state index in [1.807, 2.05) is 0 Å². The molecule has 2 N–H and O–H groups in total. The van der Waals surface area contributed by atoms with E-state index in [0.29, 0.717) is 25.3 Å². The molecule has 0 amide bonds. The average molecular weight is 242 g/mol. The van der Waals surface area contributed by atoms with Gasteiger partial charge in [-0.05, 0) is 18.2 Å². The van der Waals surface area contributed by atoms with Crippen molar-refractivity contribution in [1.29, 1.82) is 0 Å². The molecular formula is C12H16F2N2O. The van der Waals surface area contributed by atoms with Crippen molar-refractivity contribution in [3.05, 3.63) is 35.4 Å². The van der Waals surface area contributed by atoms with Crippen LogP contribution in [0.5, 0.6) is 0 Å². The van der Waals surface area contributed by atoms with Crippen LogP contribution in [-0.2, 0) is 11.3 Å². The van der Waals surface area contributed by atoms with Gasteiger partial charge < -0.3 is 15.4 Å². The molecule has 1 atom stereocenters. The first-order valence-corrected chi connectivity index (χ1v) is 5.72. The van der Waals surface area contributed by atoms with Crippen molar-refractivity contribution in [3.8, 4) is 0 Å². The predicted octanol–water partition coefficient (Wildman–Crippen LogP) is 1.04. The summed E-state index contributed by atoms with van der Waals surface area (Å²) < 4.78 is 31.7. The second-order valence-corrected chi connectivity index (χ2v) is 4.06. The Hall–Kier alpha value is -1.04. The van der Waals surface area contributed by atoms with Crippen LogP contribution in [0.2, 0.25) is 0 Å². The highest BCUT2D eigenvalue weighted by atomic mass is 19.1. The van der Waals surface area contributed by atoms with Gasteiger partial charge in [-0.15, -0.1) is 0 Å². The maximum absolute atomic E-state index is 13.3. The Morgan fingerprint density at radius 3 is 3.06 bits per heavy atom. The van der Waals surface area contributed by atoms with Crippen LogP contribution >= 0.6 is 0 Å². The molecule has 5 heteroatoms. The summed E-state index contributed by atoms with van der Waals surface area (Å²) in [5.41, 5.74) is 0.341. The molecule has 0 spiro atoms. The second kappa shape index (κ2) is 6.05. The standard InChI is InChI=1S/C12H16F2N2O/c13-10-1-2-12(14)9(5-10)6-16-8-11-7-15-3-4-17-11/h1-2,5,11,15-16H,3-4,6-8H2. The van der Waals surface area contributed by atoms with Crippen molar-refractivity contribution < 1.29 is 13.5 Å². The van der Waals surface area contributed by atoms with Crippen LogP contribution in [0.4, 0.5) is 8.78 Å². The molecule has 0 aromatic heterocycles. The number of hydrogen-bond acceptors (Lipinski definition) is 3. The Balaban J connectivity index is 1.79. The first kappa shape index (κ1) is 12.4. The van der Waals surface area contributed by atoms with Gasteiger partial charge in [0.15, 0.2) is 0 Å². The first-order valence-electron chi connectivity index (χ1n) is 5.72. The van der Waals surface area contributed by atoms with E-state index in [4.69, 9.17) is 4.74 Å². The van der Waals surface area contributed by atoms with Gasteiger partial charge in [-0.2, -0.15) is 0 Å². The zero-order valence-electron chi connectivity index (χ0n) is 9.51. The molecule has 1 heterocycles. The van der Waals surface area contributed by atoms with Crippen molar-refractivity contribution >= 4 is 0 Å². The average Bonchev–Trinajstić information content (AvgIpc) is 2.35. The minimum Gasteiger partial charge on any atom is -0.374 e. The number of rotatable bonds is 4. The molecule has 1 unspecified atom stereocenters. The van der Waals surface area contributed by atoms with Gasteiger partial charge in [0.2, 0.25) is 0 Å². The van der Waals surface area contributed by atoms with E-state index in [1.165, 1.54) is 6.07 Å². The van der Waals surface area contributed by atoms with Gasteiger partial charge in [0, 0.05) is 31.7 Å². The van der Waals surface area contributed by atoms with E-state index in [-0.39, 0.29) is 11.9 Å². The molecular weight excluding hydrogens is 226 g/mol. The van der Waals surface area contributed by atoms with Gasteiger partial charge in [-0.25, -0.2) is 8.78 Å². The van der Waals surface area contributed by atoms with Crippen molar-refractivity contribution in [1.82, 2.24) is 10.6 Å². The minimum atomic E-state index is -0.418. The maximum Gasteiger partial charge on any atom is 0.127 e. The Morgan fingerprint density at radius 1 is 1.41 bits per heavy atom. The number of morpholine rings is 1. The van der Waals surface area contributed by atoms with Crippen LogP contribution in [-0.4, -0.2) is 32.3 Å². The topological polar surface area (TPSA) is 33.3 Å². The number of halogens is 2. The third-order valence-electron chi connectivity index (χ3n) is 2.70. The summed E-state index contributed by atoms with van der Waals surface area (Å²) >= 11 is 0. The molecule has 1 aromatic rings. The van der Waals surface area contributed by atoms with Crippen molar-refractivity contribution in [2.45, 2.75) is 12.6 Å². The number of hydrogen-bond donors (Lipinski definition) is 2. The summed E-state index contributed by atoms with van der Waals surface area (Å²) in [4.78, 5) is 0. The fourth-order valence-electron chi connectivity index (χ4n) is 1.80. The quantitative estimate of drug-likeness (QED) is 0.827. The maximum atomic E-state index is 13.3. The fourth-order valence-corrected chi connectivity index (χ4v) is 1.80. The molecule has 1 fully saturated rings. The number of nitrogens with one attached hydrogen (secondary N) is 2. The van der Waals surface area contributed by atoms with E-state index < -0.39 is 5.82 Å². The molecule has 0 saturated carbocycles. The van der Waals surface area contributed by atoms with E-state index in [9.17, 15) is 8.78 Å². The third kappa shape index (κ3) is 3.73. The van der Waals surface area contributed by atoms with Crippen molar-refractivity contribution in [2.24, 2.45) is 0 Å². The molecule has 17 heavy (non-hydrogen) atoms. The van der Waals surface area contributed by atoms with Crippen LogP contribution in [0.3, 0.4) is 0 Å². The molecule has 1 aliphatic heterocycles. The molecule has 2 rings (SSSR count). The summed E-state index contributed by atoms with van der Waals surface area (Å²) in [6.07, 6.45) is 0.0976. The normalized spacial score (nSPS) is 20.5. The Labute approximate surface area is 99.2 Å². The van der Waals surface area contributed by atoms with Gasteiger partial charge in [-0.3, -0.25) is 0 Å². The smallest absolute Gasteiger partial charge is 0.127 e. The molecule has 94 valence electrons. The summed E-state index contributed by atoms with van der Waals surface area (Å²) in [6, 6.07) is 3.47. The second-order valence-electron chi connectivity index (χ2n) is 4.06. The monoisotopic (exact) mass is 242 g/mol. The van der Waals surface area contributed by atoms with Gasteiger partial charge in [-0.1, -0.05) is 0 Å². The lowest BCUT2D eigenvalue weighted by molar-refractivity contribution is 0.0290. The summed E-state index contributed by atoms with van der Waals surface area (Å²) in [7, 11) is 0. The molecule has 0 bridgehead atoms. The number of ether oxygens (including phenoxy) is 1. The third-order valence-corrected chi connectivity index (χ3v) is 2.70. The van der Waals surface area contributed by atoms with Crippen LogP contribution in [0.1, 0.15) is 5.56 Å². The van der Waals surface area contributed by atoms with E-state index in [1.54, 1.807) is 0 Å². The molecule has 1 aromatic carbocycles. The van der Waals surface area contributed by atoms with Gasteiger partial charge >= 0.3 is 0 Å². The Morgan fingerprint density at radius 2 is 2.29 bits per heavy atom. The van der Waals surface area contributed by atoms with Crippen molar-refractivity contribution in [3.63, 3.8) is 0 Å². The van der Waals surface area contributed by atoms with Crippen molar-refractivity contribution in [2.75, 3.05) is 26.2 Å². The summed E-state index contributed by atoms with van der Waals surface area (Å²) in [5.74, 6) is -0.805.